The number of carbonyl (C=O) groups excluding carboxylic acids is 1. The van der Waals surface area contributed by atoms with Gasteiger partial charge in [0.25, 0.3) is 5.69 Å². The molecule has 112 valence electrons. The lowest BCUT2D eigenvalue weighted by atomic mass is 10.0. The number of hydrogen-bond donors (Lipinski definition) is 2. The van der Waals surface area contributed by atoms with E-state index < -0.39 is 10.9 Å². The number of hydrogen-bond acceptors (Lipinski definition) is 4. The Hall–Kier alpha value is -2.70. The minimum absolute atomic E-state index is 0.0919. The molecule has 7 nitrogen and oxygen atoms in total. The summed E-state index contributed by atoms with van der Waals surface area (Å²) in [5, 5.41) is 22.6. The maximum Gasteiger partial charge on any atom is 0.336 e. The normalized spacial score (nSPS) is 10.6. The molecule has 0 saturated heterocycles. The van der Waals surface area contributed by atoms with Crippen molar-refractivity contribution in [1.29, 1.82) is 0 Å². The van der Waals surface area contributed by atoms with Crippen LogP contribution in [0, 0.1) is 17.0 Å². The smallest absolute Gasteiger partial charge is 0.336 e. The highest BCUT2D eigenvalue weighted by Crippen LogP contribution is 2.24. The lowest BCUT2D eigenvalue weighted by Gasteiger charge is -2.04. The van der Waals surface area contributed by atoms with Gasteiger partial charge < -0.3 is 10.4 Å². The average molecular weight is 292 g/mol. The van der Waals surface area contributed by atoms with Gasteiger partial charge in [0, 0.05) is 25.1 Å². The minimum Gasteiger partial charge on any atom is -0.478 e. The zero-order valence-corrected chi connectivity index (χ0v) is 11.8. The number of carboxylic acid groups (broad SMARTS) is 1. The quantitative estimate of drug-likeness (QED) is 0.474. The number of benzene rings is 1. The largest absolute Gasteiger partial charge is 0.478 e. The lowest BCUT2D eigenvalue weighted by molar-refractivity contribution is -0.385. The van der Waals surface area contributed by atoms with Crippen molar-refractivity contribution in [2.75, 3.05) is 6.54 Å². The van der Waals surface area contributed by atoms with Gasteiger partial charge in [0.15, 0.2) is 0 Å². The second-order valence-electron chi connectivity index (χ2n) is 4.45. The molecule has 0 saturated carbocycles. The summed E-state index contributed by atoms with van der Waals surface area (Å²) in [6.07, 6.45) is 3.86. The van der Waals surface area contributed by atoms with Crippen LogP contribution in [0.3, 0.4) is 0 Å². The average Bonchev–Trinajstić information content (AvgIpc) is 2.38. The summed E-state index contributed by atoms with van der Waals surface area (Å²) in [4.78, 5) is 32.1. The standard InChI is InChI=1S/C14H16N2O5/c1-9-12(14(18)19)7-11(8-13(9)16(20)21)5-3-4-6-15-10(2)17/h3,5,7-8H,4,6H2,1-2H3,(H,15,17)(H,18,19). The first-order chi connectivity index (χ1) is 9.82. The van der Waals surface area contributed by atoms with Crippen LogP contribution in [0.5, 0.6) is 0 Å². The fraction of sp³-hybridized carbons (Fsp3) is 0.286. The number of amides is 1. The molecule has 1 aromatic rings. The van der Waals surface area contributed by atoms with Crippen molar-refractivity contribution in [2.45, 2.75) is 20.3 Å². The number of nitro benzene ring substituents is 1. The zero-order chi connectivity index (χ0) is 16.0. The SMILES string of the molecule is CC(=O)NCCC=Cc1cc(C(=O)O)c(C)c([N+](=O)[O-])c1. The Bertz CT molecular complexity index is 572. The summed E-state index contributed by atoms with van der Waals surface area (Å²) in [6.45, 7) is 3.27. The third kappa shape index (κ3) is 4.72. The molecule has 0 atom stereocenters. The van der Waals surface area contributed by atoms with Crippen LogP contribution in [-0.2, 0) is 4.79 Å². The summed E-state index contributed by atoms with van der Waals surface area (Å²) in [7, 11) is 0. The molecule has 7 heteroatoms. The van der Waals surface area contributed by atoms with Gasteiger partial charge in [-0.25, -0.2) is 4.79 Å². The molecule has 0 aliphatic heterocycles. The maximum atomic E-state index is 11.1. The Morgan fingerprint density at radius 1 is 1.43 bits per heavy atom. The summed E-state index contributed by atoms with van der Waals surface area (Å²) in [5.74, 6) is -1.34. The van der Waals surface area contributed by atoms with Crippen LogP contribution >= 0.6 is 0 Å². The molecule has 21 heavy (non-hydrogen) atoms. The first-order valence-electron chi connectivity index (χ1n) is 6.26. The van der Waals surface area contributed by atoms with Crippen molar-refractivity contribution in [1.82, 2.24) is 5.32 Å². The molecule has 0 aliphatic carbocycles. The van der Waals surface area contributed by atoms with Crippen LogP contribution in [0.1, 0.15) is 34.8 Å². The number of carboxylic acids is 1. The van der Waals surface area contributed by atoms with Crippen molar-refractivity contribution in [3.05, 3.63) is 45.0 Å². The minimum atomic E-state index is -1.20. The van der Waals surface area contributed by atoms with E-state index in [2.05, 4.69) is 5.32 Å². The second-order valence-corrected chi connectivity index (χ2v) is 4.45. The fourth-order valence-electron chi connectivity index (χ4n) is 1.78. The van der Waals surface area contributed by atoms with Gasteiger partial charge in [-0.05, 0) is 25.0 Å². The predicted octanol–water partition coefficient (Wildman–Crippen LogP) is 2.14. The van der Waals surface area contributed by atoms with Gasteiger partial charge in [-0.1, -0.05) is 12.2 Å². The van der Waals surface area contributed by atoms with Crippen molar-refractivity contribution in [2.24, 2.45) is 0 Å². The summed E-state index contributed by atoms with van der Waals surface area (Å²) < 4.78 is 0. The molecule has 0 radical (unpaired) electrons. The monoisotopic (exact) mass is 292 g/mol. The molecule has 0 spiro atoms. The van der Waals surface area contributed by atoms with Crippen LogP contribution < -0.4 is 5.32 Å². The van der Waals surface area contributed by atoms with Crippen LogP contribution in [0.15, 0.2) is 18.2 Å². The van der Waals surface area contributed by atoms with Crippen LogP contribution in [0.25, 0.3) is 6.08 Å². The molecule has 0 heterocycles. The van der Waals surface area contributed by atoms with Crippen molar-refractivity contribution >= 4 is 23.6 Å². The molecule has 0 bridgehead atoms. The molecular formula is C14H16N2O5. The van der Waals surface area contributed by atoms with E-state index in [1.807, 2.05) is 0 Å². The number of carbonyl (C=O) groups is 2. The first kappa shape index (κ1) is 16.4. The zero-order valence-electron chi connectivity index (χ0n) is 11.8. The van der Waals surface area contributed by atoms with Crippen molar-refractivity contribution in [3.63, 3.8) is 0 Å². The van der Waals surface area contributed by atoms with Gasteiger partial charge in [0.1, 0.15) is 0 Å². The van der Waals surface area contributed by atoms with Gasteiger partial charge in [0.05, 0.1) is 10.5 Å². The maximum absolute atomic E-state index is 11.1. The van der Waals surface area contributed by atoms with Gasteiger partial charge in [0.2, 0.25) is 5.91 Å². The molecule has 0 fully saturated rings. The number of nitrogens with one attached hydrogen (secondary N) is 1. The molecule has 1 amide bonds. The predicted molar refractivity (Wildman–Crippen MR) is 77.1 cm³/mol. The van der Waals surface area contributed by atoms with Gasteiger partial charge in [-0.2, -0.15) is 0 Å². The van der Waals surface area contributed by atoms with E-state index in [0.717, 1.165) is 0 Å². The lowest BCUT2D eigenvalue weighted by Crippen LogP contribution is -2.20. The number of nitrogens with zero attached hydrogens (tertiary/aromatic N) is 1. The molecule has 0 unspecified atom stereocenters. The van der Waals surface area contributed by atoms with Gasteiger partial charge in [-0.15, -0.1) is 0 Å². The van der Waals surface area contributed by atoms with Crippen LogP contribution in [-0.4, -0.2) is 28.5 Å². The van der Waals surface area contributed by atoms with Crippen LogP contribution in [0.2, 0.25) is 0 Å². The fourth-order valence-corrected chi connectivity index (χ4v) is 1.78. The third-order valence-corrected chi connectivity index (χ3v) is 2.82. The van der Waals surface area contributed by atoms with E-state index in [1.54, 1.807) is 12.2 Å². The molecule has 1 rings (SSSR count). The Balaban J connectivity index is 2.97. The Morgan fingerprint density at radius 2 is 2.10 bits per heavy atom. The molecular weight excluding hydrogens is 276 g/mol. The van der Waals surface area contributed by atoms with Crippen molar-refractivity contribution in [3.8, 4) is 0 Å². The Labute approximate surface area is 121 Å². The highest BCUT2D eigenvalue weighted by molar-refractivity contribution is 5.91. The number of nitro groups is 1. The van der Waals surface area contributed by atoms with E-state index in [-0.39, 0.29) is 22.7 Å². The number of aromatic carboxylic acids is 1. The molecule has 2 N–H and O–H groups in total. The Morgan fingerprint density at radius 3 is 2.62 bits per heavy atom. The third-order valence-electron chi connectivity index (χ3n) is 2.82. The summed E-state index contributed by atoms with van der Waals surface area (Å²) >= 11 is 0. The van der Waals surface area contributed by atoms with Crippen LogP contribution in [0.4, 0.5) is 5.69 Å². The van der Waals surface area contributed by atoms with Gasteiger partial charge >= 0.3 is 5.97 Å². The number of rotatable bonds is 6. The van der Waals surface area contributed by atoms with E-state index in [9.17, 15) is 19.7 Å². The highest BCUT2D eigenvalue weighted by Gasteiger charge is 2.19. The van der Waals surface area contributed by atoms with E-state index in [0.29, 0.717) is 18.5 Å². The topological polar surface area (TPSA) is 110 Å². The second kappa shape index (κ2) is 7.18. The molecule has 0 aromatic heterocycles. The first-order valence-corrected chi connectivity index (χ1v) is 6.26. The highest BCUT2D eigenvalue weighted by atomic mass is 16.6. The summed E-state index contributed by atoms with van der Waals surface area (Å²) in [6, 6.07) is 2.72. The van der Waals surface area contributed by atoms with Gasteiger partial charge in [-0.3, -0.25) is 14.9 Å². The Kier molecular flexibility index (Phi) is 5.59. The molecule has 1 aromatic carbocycles. The van der Waals surface area contributed by atoms with Crippen molar-refractivity contribution < 1.29 is 19.6 Å². The molecule has 0 aliphatic rings. The van der Waals surface area contributed by atoms with E-state index in [1.165, 1.54) is 26.0 Å². The van der Waals surface area contributed by atoms with E-state index >= 15 is 0 Å². The van der Waals surface area contributed by atoms with E-state index in [4.69, 9.17) is 5.11 Å². The summed E-state index contributed by atoms with van der Waals surface area (Å²) in [5.41, 5.74) is 0.248.